The number of phenolic OH excluding ortho intramolecular Hbond substituents is 1. The van der Waals surface area contributed by atoms with Gasteiger partial charge in [-0.25, -0.2) is 4.79 Å². The predicted molar refractivity (Wildman–Crippen MR) is 74.5 cm³/mol. The van der Waals surface area contributed by atoms with Crippen LogP contribution in [-0.4, -0.2) is 17.7 Å². The van der Waals surface area contributed by atoms with E-state index in [1.165, 1.54) is 36.4 Å². The minimum Gasteiger partial charge on any atom is -0.507 e. The molecule has 3 nitrogen and oxygen atoms in total. The van der Waals surface area contributed by atoms with Crippen molar-refractivity contribution in [1.82, 2.24) is 0 Å². The maximum atomic E-state index is 13.1. The molecule has 116 valence electrons. The quantitative estimate of drug-likeness (QED) is 0.862. The number of benzene rings is 2. The molecule has 0 atom stereocenters. The molecule has 0 spiro atoms. The first kappa shape index (κ1) is 15.9. The van der Waals surface area contributed by atoms with Gasteiger partial charge in [0.05, 0.1) is 12.2 Å². The van der Waals surface area contributed by atoms with Crippen LogP contribution in [0.4, 0.5) is 13.2 Å². The molecule has 0 aromatic heterocycles. The molecule has 2 aromatic carbocycles. The van der Waals surface area contributed by atoms with Crippen LogP contribution >= 0.6 is 0 Å². The van der Waals surface area contributed by atoms with Gasteiger partial charge in [-0.2, -0.15) is 13.2 Å². The van der Waals surface area contributed by atoms with Gasteiger partial charge < -0.3 is 9.84 Å². The zero-order valence-corrected chi connectivity index (χ0v) is 11.6. The number of phenols is 1. The van der Waals surface area contributed by atoms with E-state index in [1.54, 1.807) is 6.92 Å². The Balaban J connectivity index is 2.56. The number of aromatic hydroxyl groups is 1. The standard InChI is InChI=1S/C16H13F3O3/c1-2-22-15(21)12-9-10(7-8-14(12)20)11-5-3-4-6-13(11)16(17,18)19/h3-9,20H,2H2,1H3. The summed E-state index contributed by atoms with van der Waals surface area (Å²) in [6.45, 7) is 1.69. The van der Waals surface area contributed by atoms with Crippen molar-refractivity contribution in [3.05, 3.63) is 53.6 Å². The number of hydrogen-bond donors (Lipinski definition) is 1. The summed E-state index contributed by atoms with van der Waals surface area (Å²) >= 11 is 0. The Morgan fingerprint density at radius 3 is 2.50 bits per heavy atom. The molecule has 0 amide bonds. The Kier molecular flexibility index (Phi) is 4.40. The number of rotatable bonds is 3. The summed E-state index contributed by atoms with van der Waals surface area (Å²) in [4.78, 5) is 11.7. The number of alkyl halides is 3. The summed E-state index contributed by atoms with van der Waals surface area (Å²) in [5, 5.41) is 9.69. The first-order valence-electron chi connectivity index (χ1n) is 6.51. The highest BCUT2D eigenvalue weighted by Gasteiger charge is 2.33. The van der Waals surface area contributed by atoms with Crippen LogP contribution in [-0.2, 0) is 10.9 Å². The summed E-state index contributed by atoms with van der Waals surface area (Å²) in [5.41, 5.74) is -0.874. The van der Waals surface area contributed by atoms with Gasteiger partial charge in [-0.1, -0.05) is 24.3 Å². The Morgan fingerprint density at radius 2 is 1.86 bits per heavy atom. The molecule has 0 unspecified atom stereocenters. The van der Waals surface area contributed by atoms with Gasteiger partial charge >= 0.3 is 12.1 Å². The van der Waals surface area contributed by atoms with Gasteiger partial charge in [-0.3, -0.25) is 0 Å². The highest BCUT2D eigenvalue weighted by molar-refractivity contribution is 5.94. The molecular weight excluding hydrogens is 297 g/mol. The van der Waals surface area contributed by atoms with Crippen molar-refractivity contribution in [2.24, 2.45) is 0 Å². The maximum Gasteiger partial charge on any atom is 0.417 e. The van der Waals surface area contributed by atoms with Crippen molar-refractivity contribution in [1.29, 1.82) is 0 Å². The second-order valence-corrected chi connectivity index (χ2v) is 4.50. The summed E-state index contributed by atoms with van der Waals surface area (Å²) in [7, 11) is 0. The zero-order chi connectivity index (χ0) is 16.3. The van der Waals surface area contributed by atoms with E-state index in [1.807, 2.05) is 0 Å². The fourth-order valence-corrected chi connectivity index (χ4v) is 2.06. The number of carbonyl (C=O) groups excluding carboxylic acids is 1. The van der Waals surface area contributed by atoms with E-state index in [0.717, 1.165) is 6.07 Å². The summed E-state index contributed by atoms with van der Waals surface area (Å²) in [6.07, 6.45) is -4.52. The van der Waals surface area contributed by atoms with E-state index in [-0.39, 0.29) is 29.0 Å². The second kappa shape index (κ2) is 6.09. The number of hydrogen-bond acceptors (Lipinski definition) is 3. The topological polar surface area (TPSA) is 46.5 Å². The van der Waals surface area contributed by atoms with Gasteiger partial charge in [0.1, 0.15) is 11.3 Å². The third-order valence-corrected chi connectivity index (χ3v) is 3.04. The van der Waals surface area contributed by atoms with Gasteiger partial charge in [0, 0.05) is 0 Å². The van der Waals surface area contributed by atoms with Crippen LogP contribution in [0.15, 0.2) is 42.5 Å². The van der Waals surface area contributed by atoms with Crippen molar-refractivity contribution < 1.29 is 27.8 Å². The van der Waals surface area contributed by atoms with E-state index in [2.05, 4.69) is 0 Å². The molecule has 0 saturated heterocycles. The van der Waals surface area contributed by atoms with Crippen LogP contribution in [0, 0.1) is 0 Å². The Morgan fingerprint density at radius 1 is 1.18 bits per heavy atom. The number of ether oxygens (including phenoxy) is 1. The number of esters is 1. The van der Waals surface area contributed by atoms with Gasteiger partial charge in [-0.15, -0.1) is 0 Å². The predicted octanol–water partition coefficient (Wildman–Crippen LogP) is 4.25. The smallest absolute Gasteiger partial charge is 0.417 e. The third-order valence-electron chi connectivity index (χ3n) is 3.04. The molecule has 0 radical (unpaired) electrons. The summed E-state index contributed by atoms with van der Waals surface area (Å²) < 4.78 is 43.9. The molecule has 0 aliphatic heterocycles. The van der Waals surface area contributed by atoms with E-state index >= 15 is 0 Å². The largest absolute Gasteiger partial charge is 0.507 e. The van der Waals surface area contributed by atoms with Gasteiger partial charge in [-0.05, 0) is 36.2 Å². The van der Waals surface area contributed by atoms with Crippen LogP contribution in [0.2, 0.25) is 0 Å². The highest BCUT2D eigenvalue weighted by atomic mass is 19.4. The summed E-state index contributed by atoms with van der Waals surface area (Å²) in [6, 6.07) is 8.73. The molecule has 0 saturated carbocycles. The molecule has 0 heterocycles. The van der Waals surface area contributed by atoms with Crippen molar-refractivity contribution in [3.63, 3.8) is 0 Å². The van der Waals surface area contributed by atoms with Crippen LogP contribution in [0.5, 0.6) is 5.75 Å². The van der Waals surface area contributed by atoms with Crippen LogP contribution in [0.1, 0.15) is 22.8 Å². The zero-order valence-electron chi connectivity index (χ0n) is 11.6. The first-order valence-corrected chi connectivity index (χ1v) is 6.51. The lowest BCUT2D eigenvalue weighted by Crippen LogP contribution is -2.08. The summed E-state index contributed by atoms with van der Waals surface area (Å²) in [5.74, 6) is -1.13. The molecule has 6 heteroatoms. The molecule has 0 fully saturated rings. The minimum absolute atomic E-state index is 0.0689. The Labute approximate surface area is 125 Å². The molecule has 22 heavy (non-hydrogen) atoms. The number of carbonyl (C=O) groups is 1. The number of halogens is 3. The second-order valence-electron chi connectivity index (χ2n) is 4.50. The monoisotopic (exact) mass is 310 g/mol. The van der Waals surface area contributed by atoms with Crippen molar-refractivity contribution in [2.75, 3.05) is 6.61 Å². The minimum atomic E-state index is -4.52. The van der Waals surface area contributed by atoms with Gasteiger partial charge in [0.25, 0.3) is 0 Å². The Hall–Kier alpha value is -2.50. The van der Waals surface area contributed by atoms with Crippen molar-refractivity contribution >= 4 is 5.97 Å². The van der Waals surface area contributed by atoms with Crippen LogP contribution in [0.25, 0.3) is 11.1 Å². The Bertz CT molecular complexity index is 693. The first-order chi connectivity index (χ1) is 10.3. The highest BCUT2D eigenvalue weighted by Crippen LogP contribution is 2.38. The normalized spacial score (nSPS) is 11.3. The lowest BCUT2D eigenvalue weighted by molar-refractivity contribution is -0.137. The molecule has 0 aliphatic carbocycles. The molecule has 0 aliphatic rings. The van der Waals surface area contributed by atoms with E-state index in [0.29, 0.717) is 0 Å². The van der Waals surface area contributed by atoms with Gasteiger partial charge in [0.2, 0.25) is 0 Å². The molecule has 2 aromatic rings. The SMILES string of the molecule is CCOC(=O)c1cc(-c2ccccc2C(F)(F)F)ccc1O. The molecule has 1 N–H and O–H groups in total. The van der Waals surface area contributed by atoms with Crippen LogP contribution < -0.4 is 0 Å². The van der Waals surface area contributed by atoms with Crippen molar-refractivity contribution in [3.8, 4) is 16.9 Å². The average Bonchev–Trinajstić information content (AvgIpc) is 2.47. The molecule has 2 rings (SSSR count). The molecule has 0 bridgehead atoms. The lowest BCUT2D eigenvalue weighted by atomic mass is 9.97. The van der Waals surface area contributed by atoms with Crippen molar-refractivity contribution in [2.45, 2.75) is 13.1 Å². The fraction of sp³-hybridized carbons (Fsp3) is 0.188. The van der Waals surface area contributed by atoms with E-state index in [4.69, 9.17) is 4.74 Å². The van der Waals surface area contributed by atoms with E-state index < -0.39 is 17.7 Å². The van der Waals surface area contributed by atoms with Crippen LogP contribution in [0.3, 0.4) is 0 Å². The third kappa shape index (κ3) is 3.21. The molecular formula is C16H13F3O3. The maximum absolute atomic E-state index is 13.1. The fourth-order valence-electron chi connectivity index (χ4n) is 2.06. The average molecular weight is 310 g/mol. The van der Waals surface area contributed by atoms with E-state index in [9.17, 15) is 23.1 Å². The lowest BCUT2D eigenvalue weighted by Gasteiger charge is -2.14. The van der Waals surface area contributed by atoms with Gasteiger partial charge in [0.15, 0.2) is 0 Å².